The van der Waals surface area contributed by atoms with Crippen LogP contribution in [0.15, 0.2) is 60.8 Å². The highest BCUT2D eigenvalue weighted by molar-refractivity contribution is 5.97. The van der Waals surface area contributed by atoms with Crippen LogP contribution in [-0.2, 0) is 6.61 Å². The molecule has 4 nitrogen and oxygen atoms in total. The fourth-order valence-corrected chi connectivity index (χ4v) is 2.25. The minimum absolute atomic E-state index is 0.00480. The molecule has 3 aromatic rings. The molecule has 21 heavy (non-hydrogen) atoms. The van der Waals surface area contributed by atoms with Gasteiger partial charge in [0.15, 0.2) is 0 Å². The van der Waals surface area contributed by atoms with Crippen LogP contribution in [0, 0.1) is 5.41 Å². The van der Waals surface area contributed by atoms with E-state index in [9.17, 15) is 0 Å². The van der Waals surface area contributed by atoms with Crippen molar-refractivity contribution in [3.63, 3.8) is 0 Å². The molecule has 0 aliphatic rings. The van der Waals surface area contributed by atoms with Gasteiger partial charge in [-0.1, -0.05) is 30.3 Å². The largest absolute Gasteiger partial charge is 0.488 e. The molecule has 0 unspecified atom stereocenters. The van der Waals surface area contributed by atoms with Gasteiger partial charge in [-0.25, -0.2) is 0 Å². The van der Waals surface area contributed by atoms with Crippen molar-refractivity contribution in [1.29, 1.82) is 5.41 Å². The van der Waals surface area contributed by atoms with Gasteiger partial charge in [0, 0.05) is 17.1 Å². The van der Waals surface area contributed by atoms with Crippen molar-refractivity contribution in [3.8, 4) is 5.75 Å². The minimum atomic E-state index is 0.00480. The number of rotatable bonds is 4. The summed E-state index contributed by atoms with van der Waals surface area (Å²) in [6.45, 7) is 0.410. The number of fused-ring (bicyclic) bond motifs is 1. The maximum atomic E-state index is 7.58. The molecule has 0 saturated carbocycles. The van der Waals surface area contributed by atoms with E-state index in [0.717, 1.165) is 16.5 Å². The quantitative estimate of drug-likeness (QED) is 0.568. The Morgan fingerprint density at radius 3 is 2.67 bits per heavy atom. The van der Waals surface area contributed by atoms with E-state index >= 15 is 0 Å². The number of amidine groups is 1. The predicted octanol–water partition coefficient (Wildman–Crippen LogP) is 3.10. The Balaban J connectivity index is 1.89. The van der Waals surface area contributed by atoms with Crippen LogP contribution in [0.5, 0.6) is 5.75 Å². The third-order valence-corrected chi connectivity index (χ3v) is 3.30. The third-order valence-electron chi connectivity index (χ3n) is 3.30. The molecule has 4 heteroatoms. The van der Waals surface area contributed by atoms with Crippen LogP contribution in [0.4, 0.5) is 0 Å². The zero-order valence-electron chi connectivity index (χ0n) is 11.4. The predicted molar refractivity (Wildman–Crippen MR) is 83.5 cm³/mol. The van der Waals surface area contributed by atoms with Gasteiger partial charge in [-0.2, -0.15) is 0 Å². The van der Waals surface area contributed by atoms with E-state index in [1.54, 1.807) is 12.3 Å². The maximum Gasteiger partial charge on any atom is 0.130 e. The summed E-state index contributed by atoms with van der Waals surface area (Å²) in [4.78, 5) is 4.33. The van der Waals surface area contributed by atoms with Gasteiger partial charge in [-0.3, -0.25) is 10.4 Å². The number of aromatic nitrogens is 1. The molecule has 3 rings (SSSR count). The average Bonchev–Trinajstić information content (AvgIpc) is 2.53. The van der Waals surface area contributed by atoms with Crippen molar-refractivity contribution < 1.29 is 4.74 Å². The molecule has 0 fully saturated rings. The molecule has 0 saturated heterocycles. The molecular weight excluding hydrogens is 262 g/mol. The number of ether oxygens (including phenoxy) is 1. The molecule has 2 aromatic carbocycles. The Bertz CT molecular complexity index is 793. The molecule has 1 aromatic heterocycles. The number of benzene rings is 2. The van der Waals surface area contributed by atoms with Crippen molar-refractivity contribution in [1.82, 2.24) is 4.98 Å². The second-order valence-corrected chi connectivity index (χ2v) is 4.69. The Morgan fingerprint density at radius 1 is 1.05 bits per heavy atom. The van der Waals surface area contributed by atoms with E-state index < -0.39 is 0 Å². The number of nitrogens with one attached hydrogen (secondary N) is 1. The molecule has 0 spiro atoms. The SMILES string of the molecule is N=C(N)c1ccccc1OCc1ccnc2ccccc12. The average molecular weight is 277 g/mol. The van der Waals surface area contributed by atoms with E-state index in [1.165, 1.54) is 0 Å². The zero-order chi connectivity index (χ0) is 14.7. The first-order valence-corrected chi connectivity index (χ1v) is 6.64. The number of hydrogen-bond donors (Lipinski definition) is 2. The molecule has 0 radical (unpaired) electrons. The Morgan fingerprint density at radius 2 is 1.81 bits per heavy atom. The zero-order valence-corrected chi connectivity index (χ0v) is 11.4. The lowest BCUT2D eigenvalue weighted by atomic mass is 10.1. The summed E-state index contributed by atoms with van der Waals surface area (Å²) in [5, 5.41) is 8.65. The van der Waals surface area contributed by atoms with E-state index in [-0.39, 0.29) is 5.84 Å². The molecule has 0 atom stereocenters. The highest BCUT2D eigenvalue weighted by atomic mass is 16.5. The topological polar surface area (TPSA) is 72.0 Å². The van der Waals surface area contributed by atoms with Crippen molar-refractivity contribution in [2.45, 2.75) is 6.61 Å². The van der Waals surface area contributed by atoms with Gasteiger partial charge in [0.2, 0.25) is 0 Å². The highest BCUT2D eigenvalue weighted by Crippen LogP contribution is 2.21. The fraction of sp³-hybridized carbons (Fsp3) is 0.0588. The first-order chi connectivity index (χ1) is 10.3. The summed E-state index contributed by atoms with van der Waals surface area (Å²) in [7, 11) is 0. The summed E-state index contributed by atoms with van der Waals surface area (Å²) in [6.07, 6.45) is 1.78. The molecule has 0 aliphatic carbocycles. The van der Waals surface area contributed by atoms with E-state index in [0.29, 0.717) is 17.9 Å². The Kier molecular flexibility index (Phi) is 3.51. The van der Waals surface area contributed by atoms with Crippen LogP contribution < -0.4 is 10.5 Å². The van der Waals surface area contributed by atoms with E-state index in [2.05, 4.69) is 4.98 Å². The number of nitrogen functional groups attached to an aromatic ring is 1. The van der Waals surface area contributed by atoms with Crippen LogP contribution in [0.25, 0.3) is 10.9 Å². The Hall–Kier alpha value is -2.88. The van der Waals surface area contributed by atoms with Crippen LogP contribution in [-0.4, -0.2) is 10.8 Å². The van der Waals surface area contributed by atoms with Gasteiger partial charge >= 0.3 is 0 Å². The molecule has 0 amide bonds. The fourth-order valence-electron chi connectivity index (χ4n) is 2.25. The second kappa shape index (κ2) is 5.63. The van der Waals surface area contributed by atoms with Crippen LogP contribution in [0.2, 0.25) is 0 Å². The lowest BCUT2D eigenvalue weighted by Crippen LogP contribution is -2.13. The lowest BCUT2D eigenvalue weighted by Gasteiger charge is -2.11. The Labute approximate surface area is 122 Å². The van der Waals surface area contributed by atoms with Crippen LogP contribution in [0.3, 0.4) is 0 Å². The van der Waals surface area contributed by atoms with Crippen molar-refractivity contribution in [3.05, 3.63) is 71.9 Å². The maximum absolute atomic E-state index is 7.58. The monoisotopic (exact) mass is 277 g/mol. The van der Waals surface area contributed by atoms with Gasteiger partial charge in [-0.05, 0) is 24.3 Å². The standard InChI is InChI=1S/C17H15N3O/c18-17(19)14-6-2-4-8-16(14)21-11-12-9-10-20-15-7-3-1-5-13(12)15/h1-10H,11H2,(H3,18,19). The number of nitrogens with zero attached hydrogens (tertiary/aromatic N) is 1. The number of pyridine rings is 1. The summed E-state index contributed by atoms with van der Waals surface area (Å²) >= 11 is 0. The van der Waals surface area contributed by atoms with Gasteiger partial charge in [-0.15, -0.1) is 0 Å². The second-order valence-electron chi connectivity index (χ2n) is 4.69. The molecule has 0 aliphatic heterocycles. The lowest BCUT2D eigenvalue weighted by molar-refractivity contribution is 0.307. The van der Waals surface area contributed by atoms with Crippen LogP contribution >= 0.6 is 0 Å². The molecule has 0 bridgehead atoms. The first kappa shape index (κ1) is 13.1. The molecular formula is C17H15N3O. The summed E-state index contributed by atoms with van der Waals surface area (Å²) in [5.74, 6) is 0.621. The molecule has 104 valence electrons. The van der Waals surface area contributed by atoms with Gasteiger partial charge in [0.05, 0.1) is 11.1 Å². The normalized spacial score (nSPS) is 10.5. The number of hydrogen-bond acceptors (Lipinski definition) is 3. The van der Waals surface area contributed by atoms with Crippen LogP contribution in [0.1, 0.15) is 11.1 Å². The van der Waals surface area contributed by atoms with Gasteiger partial charge in [0.1, 0.15) is 18.2 Å². The van der Waals surface area contributed by atoms with E-state index in [1.807, 2.05) is 48.5 Å². The molecule has 1 heterocycles. The van der Waals surface area contributed by atoms with Crippen molar-refractivity contribution in [2.75, 3.05) is 0 Å². The summed E-state index contributed by atoms with van der Waals surface area (Å²) in [5.41, 5.74) is 8.17. The smallest absolute Gasteiger partial charge is 0.130 e. The number of nitrogens with two attached hydrogens (primary N) is 1. The number of para-hydroxylation sites is 2. The van der Waals surface area contributed by atoms with Gasteiger partial charge in [0.25, 0.3) is 0 Å². The minimum Gasteiger partial charge on any atom is -0.488 e. The summed E-state index contributed by atoms with van der Waals surface area (Å²) in [6, 6.07) is 17.2. The van der Waals surface area contributed by atoms with Crippen molar-refractivity contribution in [2.24, 2.45) is 5.73 Å². The van der Waals surface area contributed by atoms with Crippen molar-refractivity contribution >= 4 is 16.7 Å². The third kappa shape index (κ3) is 2.69. The molecule has 3 N–H and O–H groups in total. The summed E-state index contributed by atoms with van der Waals surface area (Å²) < 4.78 is 5.84. The van der Waals surface area contributed by atoms with E-state index in [4.69, 9.17) is 15.9 Å². The van der Waals surface area contributed by atoms with Gasteiger partial charge < -0.3 is 10.5 Å². The highest BCUT2D eigenvalue weighted by Gasteiger charge is 2.07. The first-order valence-electron chi connectivity index (χ1n) is 6.64.